The lowest BCUT2D eigenvalue weighted by Gasteiger charge is -2.16. The summed E-state index contributed by atoms with van der Waals surface area (Å²) in [5, 5.41) is 11.2. The second-order valence-corrected chi connectivity index (χ2v) is 8.33. The van der Waals surface area contributed by atoms with Crippen molar-refractivity contribution in [1.82, 2.24) is 5.32 Å². The lowest BCUT2D eigenvalue weighted by atomic mass is 10.0. The molecule has 1 aromatic heterocycles. The van der Waals surface area contributed by atoms with Gasteiger partial charge in [-0.25, -0.2) is 0 Å². The average Bonchev–Trinajstić information content (AvgIpc) is 3.27. The Labute approximate surface area is 192 Å². The van der Waals surface area contributed by atoms with Crippen LogP contribution in [0.1, 0.15) is 46.0 Å². The molecule has 33 heavy (non-hydrogen) atoms. The van der Waals surface area contributed by atoms with Gasteiger partial charge in [-0.3, -0.25) is 9.59 Å². The molecule has 3 aromatic rings. The van der Waals surface area contributed by atoms with E-state index in [9.17, 15) is 22.8 Å². The van der Waals surface area contributed by atoms with Gasteiger partial charge in [0.25, 0.3) is 5.91 Å². The van der Waals surface area contributed by atoms with E-state index in [1.54, 1.807) is 30.3 Å². The van der Waals surface area contributed by atoms with Crippen molar-refractivity contribution in [2.75, 3.05) is 6.54 Å². The van der Waals surface area contributed by atoms with E-state index < -0.39 is 17.7 Å². The third kappa shape index (κ3) is 6.58. The number of amides is 1. The average molecular weight is 478 g/mol. The number of halogens is 3. The summed E-state index contributed by atoms with van der Waals surface area (Å²) in [6.07, 6.45) is -4.15. The van der Waals surface area contributed by atoms with Crippen molar-refractivity contribution < 1.29 is 32.6 Å². The number of carboxylic acid groups (broad SMARTS) is 1. The number of carbonyl (C=O) groups excluding carboxylic acids is 1. The van der Waals surface area contributed by atoms with E-state index in [4.69, 9.17) is 9.84 Å². The van der Waals surface area contributed by atoms with Crippen LogP contribution in [0.15, 0.2) is 60.7 Å². The summed E-state index contributed by atoms with van der Waals surface area (Å²) in [6, 6.07) is 15.5. The SMILES string of the molecule is CC[C@@H](Oc1ccc(-c2ccc(C(F)(F)F)cc2)cc1)c1ccc(C(=O)NCCC(=O)O)s1. The fourth-order valence-electron chi connectivity index (χ4n) is 3.10. The number of benzene rings is 2. The van der Waals surface area contributed by atoms with Crippen LogP contribution >= 0.6 is 11.3 Å². The molecule has 0 spiro atoms. The normalized spacial score (nSPS) is 12.2. The molecule has 2 N–H and O–H groups in total. The minimum atomic E-state index is -4.37. The third-order valence-electron chi connectivity index (χ3n) is 4.84. The van der Waals surface area contributed by atoms with E-state index in [-0.39, 0.29) is 25.0 Å². The molecule has 0 saturated carbocycles. The Hall–Kier alpha value is -3.33. The molecule has 174 valence electrons. The topological polar surface area (TPSA) is 75.6 Å². The highest BCUT2D eigenvalue weighted by molar-refractivity contribution is 7.14. The molecule has 1 amide bonds. The van der Waals surface area contributed by atoms with Crippen LogP contribution in [-0.4, -0.2) is 23.5 Å². The van der Waals surface area contributed by atoms with Crippen LogP contribution in [0.3, 0.4) is 0 Å². The molecule has 5 nitrogen and oxygen atoms in total. The Balaban J connectivity index is 1.64. The minimum Gasteiger partial charge on any atom is -0.485 e. The van der Waals surface area contributed by atoms with Gasteiger partial charge in [-0.2, -0.15) is 13.2 Å². The van der Waals surface area contributed by atoms with Gasteiger partial charge in [-0.05, 0) is 53.9 Å². The van der Waals surface area contributed by atoms with Gasteiger partial charge in [0.05, 0.1) is 16.9 Å². The van der Waals surface area contributed by atoms with Crippen molar-refractivity contribution in [2.24, 2.45) is 0 Å². The van der Waals surface area contributed by atoms with E-state index in [1.807, 2.05) is 13.0 Å². The zero-order valence-electron chi connectivity index (χ0n) is 17.7. The number of alkyl halides is 3. The number of aliphatic carboxylic acids is 1. The highest BCUT2D eigenvalue weighted by atomic mass is 32.1. The first kappa shape index (κ1) is 24.3. The molecule has 0 unspecified atom stereocenters. The standard InChI is InChI=1S/C24H22F3NO4S/c1-2-19(20-11-12-21(33-20)23(31)28-14-13-22(29)30)32-18-9-5-16(6-10-18)15-3-7-17(8-4-15)24(25,26)27/h3-12,19H,2,13-14H2,1H3,(H,28,31)(H,29,30)/t19-/m1/s1. The summed E-state index contributed by atoms with van der Waals surface area (Å²) in [6.45, 7) is 2.01. The van der Waals surface area contributed by atoms with Gasteiger partial charge in [-0.1, -0.05) is 31.2 Å². The molecular weight excluding hydrogens is 455 g/mol. The predicted molar refractivity (Wildman–Crippen MR) is 119 cm³/mol. The van der Waals surface area contributed by atoms with Gasteiger partial charge >= 0.3 is 12.1 Å². The molecule has 0 aliphatic carbocycles. The number of hydrogen-bond donors (Lipinski definition) is 2. The monoisotopic (exact) mass is 477 g/mol. The number of hydrogen-bond acceptors (Lipinski definition) is 4. The van der Waals surface area contributed by atoms with E-state index in [0.717, 1.165) is 22.6 Å². The molecule has 0 aliphatic rings. The van der Waals surface area contributed by atoms with Gasteiger partial charge in [-0.15, -0.1) is 11.3 Å². The Kier molecular flexibility index (Phi) is 7.75. The summed E-state index contributed by atoms with van der Waals surface area (Å²) in [5.74, 6) is -0.715. The van der Waals surface area contributed by atoms with Gasteiger partial charge in [0.2, 0.25) is 0 Å². The Bertz CT molecular complexity index is 1090. The first-order valence-electron chi connectivity index (χ1n) is 10.2. The Morgan fingerprint density at radius 1 is 1.00 bits per heavy atom. The lowest BCUT2D eigenvalue weighted by molar-refractivity contribution is -0.138. The molecule has 9 heteroatoms. The zero-order valence-corrected chi connectivity index (χ0v) is 18.5. The molecule has 2 aromatic carbocycles. The molecule has 0 fully saturated rings. The maximum absolute atomic E-state index is 12.7. The van der Waals surface area contributed by atoms with Crippen molar-refractivity contribution in [2.45, 2.75) is 32.0 Å². The van der Waals surface area contributed by atoms with E-state index in [0.29, 0.717) is 22.6 Å². The second-order valence-electron chi connectivity index (χ2n) is 7.22. The largest absolute Gasteiger partial charge is 0.485 e. The Morgan fingerprint density at radius 2 is 1.61 bits per heavy atom. The van der Waals surface area contributed by atoms with Gasteiger partial charge in [0.1, 0.15) is 11.9 Å². The van der Waals surface area contributed by atoms with Crippen LogP contribution in [0.2, 0.25) is 0 Å². The van der Waals surface area contributed by atoms with E-state index >= 15 is 0 Å². The minimum absolute atomic E-state index is 0.0559. The molecule has 3 rings (SSSR count). The maximum atomic E-state index is 12.7. The van der Waals surface area contributed by atoms with Crippen LogP contribution in [0.25, 0.3) is 11.1 Å². The van der Waals surface area contributed by atoms with Crippen LogP contribution < -0.4 is 10.1 Å². The molecular formula is C24H22F3NO4S. The van der Waals surface area contributed by atoms with Crippen LogP contribution in [0.5, 0.6) is 5.75 Å². The number of carboxylic acids is 1. The van der Waals surface area contributed by atoms with Gasteiger partial charge < -0.3 is 15.2 Å². The predicted octanol–water partition coefficient (Wildman–Crippen LogP) is 6.17. The van der Waals surface area contributed by atoms with Crippen molar-refractivity contribution in [3.05, 3.63) is 76.0 Å². The fraction of sp³-hybridized carbons (Fsp3) is 0.250. The molecule has 0 radical (unpaired) electrons. The van der Waals surface area contributed by atoms with Crippen molar-refractivity contribution in [3.63, 3.8) is 0 Å². The highest BCUT2D eigenvalue weighted by Crippen LogP contribution is 2.33. The van der Waals surface area contributed by atoms with Gasteiger partial charge in [0, 0.05) is 11.4 Å². The van der Waals surface area contributed by atoms with Crippen molar-refractivity contribution in [3.8, 4) is 16.9 Å². The lowest BCUT2D eigenvalue weighted by Crippen LogP contribution is -2.25. The summed E-state index contributed by atoms with van der Waals surface area (Å²) >= 11 is 1.28. The smallest absolute Gasteiger partial charge is 0.416 e. The summed E-state index contributed by atoms with van der Waals surface area (Å²) in [5.41, 5.74) is 0.738. The summed E-state index contributed by atoms with van der Waals surface area (Å²) < 4.78 is 44.3. The zero-order chi connectivity index (χ0) is 24.0. The van der Waals surface area contributed by atoms with Crippen LogP contribution in [0, 0.1) is 0 Å². The number of ether oxygens (including phenoxy) is 1. The second kappa shape index (κ2) is 10.5. The molecule has 1 heterocycles. The van der Waals surface area contributed by atoms with Crippen LogP contribution in [0.4, 0.5) is 13.2 Å². The number of thiophene rings is 1. The summed E-state index contributed by atoms with van der Waals surface area (Å²) in [7, 11) is 0. The van der Waals surface area contributed by atoms with Crippen molar-refractivity contribution in [1.29, 1.82) is 0 Å². The quantitative estimate of drug-likeness (QED) is 0.387. The van der Waals surface area contributed by atoms with E-state index in [2.05, 4.69) is 5.32 Å². The molecule has 1 atom stereocenters. The van der Waals surface area contributed by atoms with Crippen molar-refractivity contribution >= 4 is 23.2 Å². The fourth-order valence-corrected chi connectivity index (χ4v) is 4.14. The first-order valence-corrected chi connectivity index (χ1v) is 11.0. The highest BCUT2D eigenvalue weighted by Gasteiger charge is 2.30. The number of rotatable bonds is 9. The number of nitrogens with one attached hydrogen (secondary N) is 1. The first-order chi connectivity index (χ1) is 15.7. The third-order valence-corrected chi connectivity index (χ3v) is 6.02. The Morgan fingerprint density at radius 3 is 2.15 bits per heavy atom. The molecule has 0 saturated heterocycles. The maximum Gasteiger partial charge on any atom is 0.416 e. The van der Waals surface area contributed by atoms with E-state index in [1.165, 1.54) is 23.5 Å². The molecule has 0 bridgehead atoms. The summed E-state index contributed by atoms with van der Waals surface area (Å²) in [4.78, 5) is 24.1. The molecule has 0 aliphatic heterocycles. The number of carbonyl (C=O) groups is 2. The van der Waals surface area contributed by atoms with Gasteiger partial charge in [0.15, 0.2) is 0 Å². The van der Waals surface area contributed by atoms with Crippen LogP contribution in [-0.2, 0) is 11.0 Å².